The van der Waals surface area contributed by atoms with E-state index in [0.717, 1.165) is 38.0 Å². The summed E-state index contributed by atoms with van der Waals surface area (Å²) >= 11 is 1.79. The first kappa shape index (κ1) is 15.8. The van der Waals surface area contributed by atoms with Gasteiger partial charge in [-0.3, -0.25) is 9.69 Å². The van der Waals surface area contributed by atoms with Crippen LogP contribution in [0.25, 0.3) is 0 Å². The van der Waals surface area contributed by atoms with Crippen molar-refractivity contribution in [2.75, 3.05) is 18.4 Å². The number of aromatic nitrogens is 2. The van der Waals surface area contributed by atoms with Gasteiger partial charge in [0.05, 0.1) is 18.8 Å². The summed E-state index contributed by atoms with van der Waals surface area (Å²) in [6.07, 6.45) is 8.94. The first-order valence-corrected chi connectivity index (χ1v) is 9.80. The molecule has 1 atom stereocenters. The van der Waals surface area contributed by atoms with Crippen LogP contribution >= 0.6 is 11.3 Å². The van der Waals surface area contributed by atoms with E-state index in [1.54, 1.807) is 17.5 Å². The van der Waals surface area contributed by atoms with Crippen LogP contribution in [-0.4, -0.2) is 33.7 Å². The molecule has 0 spiro atoms. The minimum atomic E-state index is 0.0678. The molecule has 24 heavy (non-hydrogen) atoms. The van der Waals surface area contributed by atoms with Gasteiger partial charge in [-0.1, -0.05) is 18.9 Å². The highest BCUT2D eigenvalue weighted by molar-refractivity contribution is 7.10. The van der Waals surface area contributed by atoms with Gasteiger partial charge in [0.15, 0.2) is 0 Å². The molecule has 2 aromatic rings. The minimum Gasteiger partial charge on any atom is -0.310 e. The van der Waals surface area contributed by atoms with E-state index in [0.29, 0.717) is 18.6 Å². The lowest BCUT2D eigenvalue weighted by Crippen LogP contribution is -2.33. The van der Waals surface area contributed by atoms with E-state index in [2.05, 4.69) is 32.8 Å². The van der Waals surface area contributed by atoms with Gasteiger partial charge >= 0.3 is 0 Å². The number of likely N-dealkylation sites (tertiary alicyclic amines) is 1. The van der Waals surface area contributed by atoms with Crippen LogP contribution < -0.4 is 5.32 Å². The van der Waals surface area contributed by atoms with E-state index in [-0.39, 0.29) is 5.91 Å². The zero-order valence-corrected chi connectivity index (χ0v) is 14.7. The van der Waals surface area contributed by atoms with Gasteiger partial charge < -0.3 is 5.32 Å². The number of nitrogens with one attached hydrogen (secondary N) is 1. The van der Waals surface area contributed by atoms with Crippen LogP contribution in [0.5, 0.6) is 0 Å². The highest BCUT2D eigenvalue weighted by Gasteiger charge is 2.28. The molecule has 4 rings (SSSR count). The van der Waals surface area contributed by atoms with Crippen molar-refractivity contribution in [3.8, 4) is 0 Å². The Morgan fingerprint density at radius 3 is 2.92 bits per heavy atom. The van der Waals surface area contributed by atoms with Crippen molar-refractivity contribution in [3.63, 3.8) is 0 Å². The van der Waals surface area contributed by atoms with E-state index in [1.165, 1.54) is 17.7 Å². The summed E-state index contributed by atoms with van der Waals surface area (Å²) in [6, 6.07) is 7.03. The third-order valence-electron chi connectivity index (χ3n) is 5.19. The molecular formula is C18H24N4OS. The van der Waals surface area contributed by atoms with Crippen LogP contribution in [0.3, 0.4) is 0 Å². The predicted octanol–water partition coefficient (Wildman–Crippen LogP) is 3.84. The number of anilines is 1. The average Bonchev–Trinajstić information content (AvgIpc) is 3.35. The van der Waals surface area contributed by atoms with E-state index in [1.807, 2.05) is 10.7 Å². The van der Waals surface area contributed by atoms with Crippen molar-refractivity contribution >= 4 is 23.1 Å². The Morgan fingerprint density at radius 2 is 2.12 bits per heavy atom. The maximum absolute atomic E-state index is 12.6. The van der Waals surface area contributed by atoms with Crippen molar-refractivity contribution < 1.29 is 4.79 Å². The van der Waals surface area contributed by atoms with Crippen molar-refractivity contribution in [1.29, 1.82) is 0 Å². The van der Waals surface area contributed by atoms with Crippen LogP contribution in [0.2, 0.25) is 0 Å². The lowest BCUT2D eigenvalue weighted by atomic mass is 10.2. The summed E-state index contributed by atoms with van der Waals surface area (Å²) in [7, 11) is 0. The first-order chi connectivity index (χ1) is 11.8. The summed E-state index contributed by atoms with van der Waals surface area (Å²) in [4.78, 5) is 16.2. The second-order valence-corrected chi connectivity index (χ2v) is 7.77. The molecule has 1 aliphatic heterocycles. The number of thiophene rings is 1. The summed E-state index contributed by atoms with van der Waals surface area (Å²) in [5.41, 5.74) is 0. The van der Waals surface area contributed by atoms with Crippen molar-refractivity contribution in [3.05, 3.63) is 34.7 Å². The molecule has 2 aromatic heterocycles. The Hall–Kier alpha value is -1.66. The molecule has 2 fully saturated rings. The van der Waals surface area contributed by atoms with E-state index in [9.17, 15) is 4.79 Å². The molecule has 2 aliphatic rings. The number of amides is 1. The number of carbonyl (C=O) groups excluding carboxylic acids is 1. The quantitative estimate of drug-likeness (QED) is 0.897. The Morgan fingerprint density at radius 1 is 1.25 bits per heavy atom. The number of hydrogen-bond acceptors (Lipinski definition) is 4. The summed E-state index contributed by atoms with van der Waals surface area (Å²) in [6.45, 7) is 1.45. The summed E-state index contributed by atoms with van der Waals surface area (Å²) in [5.74, 6) is 0.914. The van der Waals surface area contributed by atoms with Crippen LogP contribution in [-0.2, 0) is 4.79 Å². The minimum absolute atomic E-state index is 0.0678. The summed E-state index contributed by atoms with van der Waals surface area (Å²) < 4.78 is 2.01. The highest BCUT2D eigenvalue weighted by atomic mass is 32.1. The van der Waals surface area contributed by atoms with E-state index >= 15 is 0 Å². The van der Waals surface area contributed by atoms with Gasteiger partial charge in [-0.25, -0.2) is 4.68 Å². The van der Waals surface area contributed by atoms with E-state index < -0.39 is 0 Å². The lowest BCUT2D eigenvalue weighted by molar-refractivity contribution is -0.117. The van der Waals surface area contributed by atoms with Gasteiger partial charge in [0.2, 0.25) is 5.91 Å². The van der Waals surface area contributed by atoms with Crippen molar-refractivity contribution in [1.82, 2.24) is 14.7 Å². The van der Waals surface area contributed by atoms with Crippen LogP contribution in [0.4, 0.5) is 5.82 Å². The molecule has 6 heteroatoms. The number of rotatable bonds is 5. The maximum Gasteiger partial charge on any atom is 0.239 e. The zero-order valence-electron chi connectivity index (χ0n) is 13.9. The number of carbonyl (C=O) groups is 1. The molecule has 3 heterocycles. The third kappa shape index (κ3) is 3.26. The third-order valence-corrected chi connectivity index (χ3v) is 6.16. The number of nitrogens with zero attached hydrogens (tertiary/aromatic N) is 3. The molecule has 1 N–H and O–H groups in total. The Kier molecular flexibility index (Phi) is 4.67. The fourth-order valence-electron chi connectivity index (χ4n) is 4.04. The smallest absolute Gasteiger partial charge is 0.239 e. The summed E-state index contributed by atoms with van der Waals surface area (Å²) in [5, 5.41) is 9.63. The van der Waals surface area contributed by atoms with Gasteiger partial charge in [-0.15, -0.1) is 11.3 Å². The SMILES string of the molecule is O=C(CN1CCC[C@@H]1c1cccs1)Nc1ccnn1C1CCCC1. The van der Waals surface area contributed by atoms with Gasteiger partial charge in [-0.2, -0.15) is 5.10 Å². The Bertz CT molecular complexity index is 675. The fraction of sp³-hybridized carbons (Fsp3) is 0.556. The lowest BCUT2D eigenvalue weighted by Gasteiger charge is -2.23. The zero-order chi connectivity index (χ0) is 16.4. The molecule has 1 saturated carbocycles. The van der Waals surface area contributed by atoms with Crippen LogP contribution in [0.1, 0.15) is 55.5 Å². The predicted molar refractivity (Wildman–Crippen MR) is 96.2 cm³/mol. The van der Waals surface area contributed by atoms with Crippen molar-refractivity contribution in [2.45, 2.75) is 50.6 Å². The molecule has 1 saturated heterocycles. The van der Waals surface area contributed by atoms with Gasteiger partial charge in [0.25, 0.3) is 0 Å². The monoisotopic (exact) mass is 344 g/mol. The topological polar surface area (TPSA) is 50.2 Å². The molecule has 0 unspecified atom stereocenters. The molecule has 128 valence electrons. The molecule has 0 radical (unpaired) electrons. The normalized spacial score (nSPS) is 22.2. The molecule has 1 amide bonds. The Balaban J connectivity index is 1.39. The fourth-order valence-corrected chi connectivity index (χ4v) is 4.93. The first-order valence-electron chi connectivity index (χ1n) is 8.92. The van der Waals surface area contributed by atoms with Gasteiger partial charge in [0.1, 0.15) is 5.82 Å². The molecule has 5 nitrogen and oxygen atoms in total. The van der Waals surface area contributed by atoms with Gasteiger partial charge in [-0.05, 0) is 43.7 Å². The average molecular weight is 344 g/mol. The molecule has 0 aromatic carbocycles. The largest absolute Gasteiger partial charge is 0.310 e. The number of hydrogen-bond donors (Lipinski definition) is 1. The molecular weight excluding hydrogens is 320 g/mol. The standard InChI is InChI=1S/C18H24N4OS/c23-18(13-21-11-3-7-15(21)16-8-4-12-24-16)20-17-9-10-19-22(17)14-5-1-2-6-14/h4,8-10,12,14-15H,1-3,5-7,11,13H2,(H,20,23)/t15-/m1/s1. The molecule has 1 aliphatic carbocycles. The highest BCUT2D eigenvalue weighted by Crippen LogP contribution is 2.34. The second kappa shape index (κ2) is 7.07. The van der Waals surface area contributed by atoms with Crippen molar-refractivity contribution in [2.24, 2.45) is 0 Å². The van der Waals surface area contributed by atoms with Gasteiger partial charge in [0, 0.05) is 17.0 Å². The maximum atomic E-state index is 12.6. The van der Waals surface area contributed by atoms with E-state index in [4.69, 9.17) is 0 Å². The van der Waals surface area contributed by atoms with Crippen LogP contribution in [0.15, 0.2) is 29.8 Å². The molecule has 0 bridgehead atoms. The van der Waals surface area contributed by atoms with Crippen LogP contribution in [0, 0.1) is 0 Å². The second-order valence-electron chi connectivity index (χ2n) is 6.79. The Labute approximate surface area is 146 Å².